The third-order valence-electron chi connectivity index (χ3n) is 2.86. The van der Waals surface area contributed by atoms with E-state index in [4.69, 9.17) is 16.3 Å². The molecule has 7 heteroatoms. The third-order valence-corrected chi connectivity index (χ3v) is 3.14. The van der Waals surface area contributed by atoms with Gasteiger partial charge in [0.25, 0.3) is 5.69 Å². The van der Waals surface area contributed by atoms with Crippen LogP contribution in [-0.4, -0.2) is 35.7 Å². The van der Waals surface area contributed by atoms with Gasteiger partial charge in [0.15, 0.2) is 0 Å². The van der Waals surface area contributed by atoms with Crippen LogP contribution in [0.15, 0.2) is 12.3 Å². The second-order valence-electron chi connectivity index (χ2n) is 4.27. The molecule has 2 heterocycles. The van der Waals surface area contributed by atoms with E-state index in [1.54, 1.807) is 7.11 Å². The fourth-order valence-corrected chi connectivity index (χ4v) is 2.07. The van der Waals surface area contributed by atoms with E-state index in [2.05, 4.69) is 4.98 Å². The number of halogens is 1. The number of aromatic nitrogens is 1. The number of methoxy groups -OCH3 is 1. The fourth-order valence-electron chi connectivity index (χ4n) is 1.79. The maximum atomic E-state index is 10.5. The molecular weight excluding hydrogens is 246 g/mol. The minimum absolute atomic E-state index is 0.103. The quantitative estimate of drug-likeness (QED) is 0.611. The van der Waals surface area contributed by atoms with E-state index in [0.717, 1.165) is 0 Å². The Morgan fingerprint density at radius 3 is 2.76 bits per heavy atom. The summed E-state index contributed by atoms with van der Waals surface area (Å²) in [6.45, 7) is 3.34. The average Bonchev–Trinajstić information content (AvgIpc) is 2.25. The number of pyridine rings is 1. The number of nitro groups is 1. The van der Waals surface area contributed by atoms with Gasteiger partial charge in [-0.3, -0.25) is 10.1 Å². The van der Waals surface area contributed by atoms with Crippen molar-refractivity contribution in [1.82, 2.24) is 4.98 Å². The Kier molecular flexibility index (Phi) is 2.92. The van der Waals surface area contributed by atoms with E-state index in [1.807, 2.05) is 11.8 Å². The highest BCUT2D eigenvalue weighted by Gasteiger charge is 2.40. The first-order chi connectivity index (χ1) is 7.95. The summed E-state index contributed by atoms with van der Waals surface area (Å²) in [4.78, 5) is 16.0. The van der Waals surface area contributed by atoms with Crippen LogP contribution in [0.2, 0.25) is 5.02 Å². The summed E-state index contributed by atoms with van der Waals surface area (Å²) < 4.78 is 5.31. The summed E-state index contributed by atoms with van der Waals surface area (Å²) >= 11 is 5.97. The Labute approximate surface area is 103 Å². The largest absolute Gasteiger partial charge is 0.375 e. The van der Waals surface area contributed by atoms with Gasteiger partial charge >= 0.3 is 0 Å². The number of hydrogen-bond acceptors (Lipinski definition) is 5. The summed E-state index contributed by atoms with van der Waals surface area (Å²) in [5, 5.41) is 10.8. The minimum Gasteiger partial charge on any atom is -0.375 e. The van der Waals surface area contributed by atoms with Gasteiger partial charge in [-0.15, -0.1) is 0 Å². The molecule has 1 aliphatic rings. The van der Waals surface area contributed by atoms with Gasteiger partial charge in [0.1, 0.15) is 12.0 Å². The van der Waals surface area contributed by atoms with Gasteiger partial charge in [0.05, 0.1) is 28.6 Å². The summed E-state index contributed by atoms with van der Waals surface area (Å²) in [6, 6.07) is 1.31. The Balaban J connectivity index is 2.17. The second kappa shape index (κ2) is 4.12. The molecule has 2 rings (SSSR count). The zero-order chi connectivity index (χ0) is 12.6. The third kappa shape index (κ3) is 2.18. The van der Waals surface area contributed by atoms with Crippen molar-refractivity contribution in [2.75, 3.05) is 25.1 Å². The Bertz CT molecular complexity index is 460. The van der Waals surface area contributed by atoms with Crippen molar-refractivity contribution in [3.05, 3.63) is 27.4 Å². The molecule has 0 radical (unpaired) electrons. The molecule has 1 aromatic heterocycles. The van der Waals surface area contributed by atoms with Crippen molar-refractivity contribution in [2.24, 2.45) is 0 Å². The van der Waals surface area contributed by atoms with Crippen molar-refractivity contribution in [1.29, 1.82) is 0 Å². The summed E-state index contributed by atoms with van der Waals surface area (Å²) in [5.41, 5.74) is -0.291. The number of nitrogens with zero attached hydrogens (tertiary/aromatic N) is 3. The monoisotopic (exact) mass is 257 g/mol. The van der Waals surface area contributed by atoms with E-state index in [9.17, 15) is 10.1 Å². The van der Waals surface area contributed by atoms with E-state index >= 15 is 0 Å². The molecule has 0 aromatic carbocycles. The molecule has 1 aliphatic heterocycles. The molecule has 0 saturated carbocycles. The molecule has 1 aromatic rings. The van der Waals surface area contributed by atoms with Crippen molar-refractivity contribution in [3.63, 3.8) is 0 Å². The molecular formula is C10H12ClN3O3. The molecule has 0 bridgehead atoms. The smallest absolute Gasteiger partial charge is 0.289 e. The zero-order valence-electron chi connectivity index (χ0n) is 9.51. The van der Waals surface area contributed by atoms with Crippen LogP contribution in [-0.2, 0) is 4.74 Å². The van der Waals surface area contributed by atoms with Crippen LogP contribution >= 0.6 is 11.6 Å². The number of rotatable bonds is 3. The SMILES string of the molecule is COC1(C)CN(c2ncc([N+](=O)[O-])cc2Cl)C1. The fraction of sp³-hybridized carbons (Fsp3) is 0.500. The van der Waals surface area contributed by atoms with Crippen LogP contribution in [0.25, 0.3) is 0 Å². The highest BCUT2D eigenvalue weighted by atomic mass is 35.5. The van der Waals surface area contributed by atoms with Crippen molar-refractivity contribution >= 4 is 23.1 Å². The molecule has 0 N–H and O–H groups in total. The molecule has 17 heavy (non-hydrogen) atoms. The van der Waals surface area contributed by atoms with E-state index in [-0.39, 0.29) is 16.3 Å². The summed E-state index contributed by atoms with van der Waals surface area (Å²) in [7, 11) is 1.65. The first-order valence-corrected chi connectivity index (χ1v) is 5.43. The van der Waals surface area contributed by atoms with Crippen molar-refractivity contribution in [2.45, 2.75) is 12.5 Å². The van der Waals surface area contributed by atoms with Crippen LogP contribution in [0.5, 0.6) is 0 Å². The van der Waals surface area contributed by atoms with Gasteiger partial charge < -0.3 is 9.64 Å². The van der Waals surface area contributed by atoms with Crippen molar-refractivity contribution in [3.8, 4) is 0 Å². The number of ether oxygens (including phenoxy) is 1. The maximum absolute atomic E-state index is 10.5. The van der Waals surface area contributed by atoms with E-state index in [0.29, 0.717) is 18.9 Å². The average molecular weight is 258 g/mol. The standard InChI is InChI=1S/C10H12ClN3O3/c1-10(17-2)5-13(6-10)9-8(11)3-7(4-12-9)14(15)16/h3-4H,5-6H2,1-2H3. The second-order valence-corrected chi connectivity index (χ2v) is 4.67. The lowest BCUT2D eigenvalue weighted by Crippen LogP contribution is -2.61. The van der Waals surface area contributed by atoms with Gasteiger partial charge in [0, 0.05) is 13.2 Å². The van der Waals surface area contributed by atoms with Gasteiger partial charge in [-0.05, 0) is 6.92 Å². The van der Waals surface area contributed by atoms with Crippen LogP contribution < -0.4 is 4.90 Å². The number of hydrogen-bond donors (Lipinski definition) is 0. The van der Waals surface area contributed by atoms with Crippen LogP contribution in [0, 0.1) is 10.1 Å². The van der Waals surface area contributed by atoms with Gasteiger partial charge in [-0.25, -0.2) is 4.98 Å². The molecule has 0 aliphatic carbocycles. The molecule has 0 unspecified atom stereocenters. The van der Waals surface area contributed by atoms with Crippen LogP contribution in [0.1, 0.15) is 6.92 Å². The van der Waals surface area contributed by atoms with E-state index in [1.165, 1.54) is 12.3 Å². The van der Waals surface area contributed by atoms with Crippen molar-refractivity contribution < 1.29 is 9.66 Å². The molecule has 0 amide bonds. The van der Waals surface area contributed by atoms with Gasteiger partial charge in [0.2, 0.25) is 0 Å². The zero-order valence-corrected chi connectivity index (χ0v) is 10.3. The summed E-state index contributed by atoms with van der Waals surface area (Å²) in [5.74, 6) is 0.562. The molecule has 0 atom stereocenters. The predicted molar refractivity (Wildman–Crippen MR) is 63.5 cm³/mol. The lowest BCUT2D eigenvalue weighted by Gasteiger charge is -2.47. The lowest BCUT2D eigenvalue weighted by molar-refractivity contribution is -0.385. The first kappa shape index (κ1) is 12.1. The minimum atomic E-state index is -0.516. The lowest BCUT2D eigenvalue weighted by atomic mass is 9.96. The van der Waals surface area contributed by atoms with Gasteiger partial charge in [-0.1, -0.05) is 11.6 Å². The molecule has 0 spiro atoms. The predicted octanol–water partition coefficient (Wildman–Crippen LogP) is 1.87. The Hall–Kier alpha value is -1.40. The van der Waals surface area contributed by atoms with E-state index < -0.39 is 4.92 Å². The highest BCUT2D eigenvalue weighted by Crippen LogP contribution is 2.34. The molecule has 92 valence electrons. The van der Waals surface area contributed by atoms with Crippen LogP contribution in [0.3, 0.4) is 0 Å². The molecule has 1 fully saturated rings. The normalized spacial score (nSPS) is 17.7. The van der Waals surface area contributed by atoms with Gasteiger partial charge in [-0.2, -0.15) is 0 Å². The first-order valence-electron chi connectivity index (χ1n) is 5.05. The Morgan fingerprint density at radius 2 is 2.29 bits per heavy atom. The van der Waals surface area contributed by atoms with Crippen LogP contribution in [0.4, 0.5) is 11.5 Å². The molecule has 1 saturated heterocycles. The molecule has 6 nitrogen and oxygen atoms in total. The summed E-state index contributed by atoms with van der Waals surface area (Å²) in [6.07, 6.45) is 1.21. The highest BCUT2D eigenvalue weighted by molar-refractivity contribution is 6.33. The Morgan fingerprint density at radius 1 is 1.65 bits per heavy atom. The maximum Gasteiger partial charge on any atom is 0.289 e. The topological polar surface area (TPSA) is 68.5 Å². The number of anilines is 1.